The minimum absolute atomic E-state index is 0.000480. The van der Waals surface area contributed by atoms with Crippen molar-refractivity contribution in [3.63, 3.8) is 0 Å². The van der Waals surface area contributed by atoms with Gasteiger partial charge in [0.05, 0.1) is 5.92 Å². The average molecular weight is 343 g/mol. The van der Waals surface area contributed by atoms with E-state index >= 15 is 0 Å². The number of esters is 1. The molecule has 3 rings (SSSR count). The molecule has 2 heteroatoms. The minimum atomic E-state index is 0.000480. The molecule has 2 fully saturated rings. The molecule has 138 valence electrons. The van der Waals surface area contributed by atoms with Gasteiger partial charge in [-0.05, 0) is 72.5 Å². The second-order valence-corrected chi connectivity index (χ2v) is 9.82. The summed E-state index contributed by atoms with van der Waals surface area (Å²) in [7, 11) is 0. The Balaban J connectivity index is 1.73. The van der Waals surface area contributed by atoms with Crippen LogP contribution in [-0.2, 0) is 4.79 Å². The van der Waals surface area contributed by atoms with Gasteiger partial charge in [-0.25, -0.2) is 0 Å². The van der Waals surface area contributed by atoms with Crippen LogP contribution in [0.25, 0.3) is 0 Å². The lowest BCUT2D eigenvalue weighted by atomic mass is 9.72. The topological polar surface area (TPSA) is 26.3 Å². The van der Waals surface area contributed by atoms with Crippen LogP contribution >= 0.6 is 0 Å². The van der Waals surface area contributed by atoms with Gasteiger partial charge >= 0.3 is 5.97 Å². The quantitative estimate of drug-likeness (QED) is 0.470. The fourth-order valence-electron chi connectivity index (χ4n) is 4.98. The van der Waals surface area contributed by atoms with Crippen molar-refractivity contribution in [3.8, 4) is 5.75 Å². The van der Waals surface area contributed by atoms with Crippen molar-refractivity contribution in [2.45, 2.75) is 72.6 Å². The maximum absolute atomic E-state index is 12.6. The fraction of sp³-hybridized carbons (Fsp3) is 0.696. The molecule has 0 saturated heterocycles. The van der Waals surface area contributed by atoms with Crippen molar-refractivity contribution in [2.75, 3.05) is 0 Å². The van der Waals surface area contributed by atoms with Gasteiger partial charge in [0.25, 0.3) is 0 Å². The second kappa shape index (κ2) is 7.13. The van der Waals surface area contributed by atoms with E-state index < -0.39 is 0 Å². The summed E-state index contributed by atoms with van der Waals surface area (Å²) >= 11 is 0. The number of rotatable bonds is 5. The summed E-state index contributed by atoms with van der Waals surface area (Å²) in [6.45, 7) is 11.4. The van der Waals surface area contributed by atoms with Gasteiger partial charge < -0.3 is 4.74 Å². The van der Waals surface area contributed by atoms with Crippen LogP contribution in [0.2, 0.25) is 0 Å². The number of carbonyl (C=O) groups is 1. The second-order valence-electron chi connectivity index (χ2n) is 9.82. The first kappa shape index (κ1) is 18.5. The van der Waals surface area contributed by atoms with E-state index in [9.17, 15) is 4.79 Å². The average Bonchev–Trinajstić information content (AvgIpc) is 3.14. The zero-order chi connectivity index (χ0) is 18.2. The fourth-order valence-corrected chi connectivity index (χ4v) is 4.98. The number of fused-ring (bicyclic) bond motifs is 2. The van der Waals surface area contributed by atoms with Crippen LogP contribution < -0.4 is 4.74 Å². The molecule has 2 aliphatic carbocycles. The summed E-state index contributed by atoms with van der Waals surface area (Å²) in [5, 5.41) is 0. The third-order valence-electron chi connectivity index (χ3n) is 6.27. The highest BCUT2D eigenvalue weighted by Gasteiger charge is 2.44. The van der Waals surface area contributed by atoms with Crippen LogP contribution in [0.3, 0.4) is 0 Å². The molecule has 0 spiro atoms. The van der Waals surface area contributed by atoms with Crippen molar-refractivity contribution in [1.29, 1.82) is 0 Å². The lowest BCUT2D eigenvalue weighted by Crippen LogP contribution is -2.25. The maximum atomic E-state index is 12.6. The van der Waals surface area contributed by atoms with E-state index in [-0.39, 0.29) is 17.3 Å². The molecule has 0 N–H and O–H groups in total. The molecule has 0 aromatic heterocycles. The molecule has 1 aromatic carbocycles. The van der Waals surface area contributed by atoms with Crippen LogP contribution in [-0.4, -0.2) is 5.97 Å². The van der Waals surface area contributed by atoms with E-state index in [1.54, 1.807) is 0 Å². The molecular formula is C23H34O2. The Kier molecular flexibility index (Phi) is 5.27. The normalized spacial score (nSPS) is 26.9. The van der Waals surface area contributed by atoms with Crippen molar-refractivity contribution >= 4 is 5.97 Å². The zero-order valence-corrected chi connectivity index (χ0v) is 16.5. The lowest BCUT2D eigenvalue weighted by molar-refractivity contribution is -0.140. The van der Waals surface area contributed by atoms with Gasteiger partial charge in [0.15, 0.2) is 0 Å². The van der Waals surface area contributed by atoms with Gasteiger partial charge in [-0.2, -0.15) is 0 Å². The first-order valence-corrected chi connectivity index (χ1v) is 10.1. The van der Waals surface area contributed by atoms with E-state index in [0.29, 0.717) is 17.8 Å². The highest BCUT2D eigenvalue weighted by Crippen LogP contribution is 2.49. The maximum Gasteiger partial charge on any atom is 0.314 e. The summed E-state index contributed by atoms with van der Waals surface area (Å²) in [4.78, 5) is 12.6. The van der Waals surface area contributed by atoms with Crippen molar-refractivity contribution in [2.24, 2.45) is 29.1 Å². The van der Waals surface area contributed by atoms with Crippen LogP contribution in [0.5, 0.6) is 5.75 Å². The Bertz CT molecular complexity index is 611. The molecular weight excluding hydrogens is 308 g/mol. The molecule has 4 unspecified atom stereocenters. The third-order valence-corrected chi connectivity index (χ3v) is 6.27. The summed E-state index contributed by atoms with van der Waals surface area (Å²) in [5.41, 5.74) is 1.48. The first-order chi connectivity index (χ1) is 11.7. The van der Waals surface area contributed by atoms with Gasteiger partial charge in [0.1, 0.15) is 5.75 Å². The van der Waals surface area contributed by atoms with Crippen LogP contribution in [0.15, 0.2) is 24.3 Å². The predicted octanol–water partition coefficient (Wildman–Crippen LogP) is 6.20. The van der Waals surface area contributed by atoms with Gasteiger partial charge in [-0.15, -0.1) is 0 Å². The molecule has 1 aromatic rings. The van der Waals surface area contributed by atoms with Crippen molar-refractivity contribution in [3.05, 3.63) is 29.8 Å². The number of hydrogen-bond acceptors (Lipinski definition) is 2. The van der Waals surface area contributed by atoms with Crippen molar-refractivity contribution in [1.82, 2.24) is 0 Å². The Morgan fingerprint density at radius 3 is 2.52 bits per heavy atom. The van der Waals surface area contributed by atoms with E-state index in [2.05, 4.69) is 46.8 Å². The molecule has 2 nitrogen and oxygen atoms in total. The zero-order valence-electron chi connectivity index (χ0n) is 16.5. The number of ether oxygens (including phenoxy) is 1. The molecule has 0 aliphatic heterocycles. The highest BCUT2D eigenvalue weighted by molar-refractivity contribution is 5.76. The molecule has 4 atom stereocenters. The molecule has 0 heterocycles. The monoisotopic (exact) mass is 342 g/mol. The summed E-state index contributed by atoms with van der Waals surface area (Å²) in [5.74, 6) is 3.31. The molecule has 0 radical (unpaired) electrons. The molecule has 25 heavy (non-hydrogen) atoms. The Morgan fingerprint density at radius 1 is 1.20 bits per heavy atom. The summed E-state index contributed by atoms with van der Waals surface area (Å²) < 4.78 is 5.82. The number of benzene rings is 1. The molecule has 2 aliphatic rings. The molecule has 2 saturated carbocycles. The van der Waals surface area contributed by atoms with Crippen LogP contribution in [0.1, 0.15) is 78.2 Å². The first-order valence-electron chi connectivity index (χ1n) is 10.1. The SMILES string of the molecule is CC(C)CC(c1cccc(OC(=O)C2CC3CCC2C3)c1)C(C)(C)C. The number of carbonyl (C=O) groups excluding carboxylic acids is 1. The lowest BCUT2D eigenvalue weighted by Gasteiger charge is -2.33. The smallest absolute Gasteiger partial charge is 0.314 e. The van der Waals surface area contributed by atoms with Gasteiger partial charge in [-0.1, -0.05) is 53.2 Å². The van der Waals surface area contributed by atoms with Gasteiger partial charge in [-0.3, -0.25) is 4.79 Å². The summed E-state index contributed by atoms with van der Waals surface area (Å²) in [6.07, 6.45) is 5.95. The van der Waals surface area contributed by atoms with E-state index in [4.69, 9.17) is 4.74 Å². The van der Waals surface area contributed by atoms with Gasteiger partial charge in [0.2, 0.25) is 0 Å². The predicted molar refractivity (Wildman–Crippen MR) is 103 cm³/mol. The largest absolute Gasteiger partial charge is 0.426 e. The standard InChI is InChI=1S/C23H34O2/c1-15(2)11-21(23(3,4)5)18-7-6-8-19(14-18)25-22(24)20-13-16-9-10-17(20)12-16/h6-8,14-17,20-21H,9-13H2,1-5H3. The Labute approximate surface area is 153 Å². The third kappa shape index (κ3) is 4.27. The van der Waals surface area contributed by atoms with E-state index in [1.807, 2.05) is 12.1 Å². The summed E-state index contributed by atoms with van der Waals surface area (Å²) in [6, 6.07) is 8.26. The van der Waals surface area contributed by atoms with E-state index in [1.165, 1.54) is 24.8 Å². The Morgan fingerprint density at radius 2 is 1.96 bits per heavy atom. The molecule has 2 bridgehead atoms. The molecule has 0 amide bonds. The van der Waals surface area contributed by atoms with Crippen LogP contribution in [0, 0.1) is 29.1 Å². The van der Waals surface area contributed by atoms with Gasteiger partial charge in [0, 0.05) is 0 Å². The number of hydrogen-bond donors (Lipinski definition) is 0. The van der Waals surface area contributed by atoms with E-state index in [0.717, 1.165) is 24.5 Å². The van der Waals surface area contributed by atoms with Crippen molar-refractivity contribution < 1.29 is 9.53 Å². The Hall–Kier alpha value is -1.31. The van der Waals surface area contributed by atoms with Crippen LogP contribution in [0.4, 0.5) is 0 Å². The highest BCUT2D eigenvalue weighted by atomic mass is 16.5. The minimum Gasteiger partial charge on any atom is -0.426 e.